The van der Waals surface area contributed by atoms with Gasteiger partial charge >= 0.3 is 0 Å². The summed E-state index contributed by atoms with van der Waals surface area (Å²) >= 11 is 5.88. The zero-order chi connectivity index (χ0) is 15.1. The molecule has 0 spiro atoms. The highest BCUT2D eigenvalue weighted by Gasteiger charge is 2.08. The fourth-order valence-corrected chi connectivity index (χ4v) is 2.19. The third-order valence-electron chi connectivity index (χ3n) is 3.16. The molecule has 114 valence electrons. The predicted octanol–water partition coefficient (Wildman–Crippen LogP) is 1.97. The molecular formula is C15H20ClN3O2. The Morgan fingerprint density at radius 3 is 2.71 bits per heavy atom. The van der Waals surface area contributed by atoms with Crippen molar-refractivity contribution in [3.05, 3.63) is 47.2 Å². The van der Waals surface area contributed by atoms with Crippen molar-refractivity contribution in [2.75, 3.05) is 33.4 Å². The summed E-state index contributed by atoms with van der Waals surface area (Å²) in [4.78, 5) is 2.13. The molecular weight excluding hydrogens is 290 g/mol. The largest absolute Gasteiger partial charge is 0.395 e. The van der Waals surface area contributed by atoms with E-state index >= 15 is 0 Å². The van der Waals surface area contributed by atoms with Crippen molar-refractivity contribution in [2.45, 2.75) is 6.54 Å². The van der Waals surface area contributed by atoms with Gasteiger partial charge in [-0.05, 0) is 24.3 Å². The van der Waals surface area contributed by atoms with Crippen LogP contribution in [0.4, 0.5) is 0 Å². The van der Waals surface area contributed by atoms with Crippen LogP contribution in [-0.2, 0) is 11.3 Å². The van der Waals surface area contributed by atoms with Crippen molar-refractivity contribution >= 4 is 11.6 Å². The van der Waals surface area contributed by atoms with Gasteiger partial charge in [0, 0.05) is 43.5 Å². The number of methoxy groups -OCH3 is 1. The average Bonchev–Trinajstić information content (AvgIpc) is 2.94. The number of aromatic nitrogens is 2. The van der Waals surface area contributed by atoms with Crippen LogP contribution in [0.15, 0.2) is 36.7 Å². The first-order valence-electron chi connectivity index (χ1n) is 6.84. The Labute approximate surface area is 129 Å². The molecule has 0 amide bonds. The molecule has 0 saturated carbocycles. The molecule has 0 saturated heterocycles. The second kappa shape index (κ2) is 8.14. The topological polar surface area (TPSA) is 50.5 Å². The number of halogens is 1. The van der Waals surface area contributed by atoms with Crippen LogP contribution in [0.25, 0.3) is 5.69 Å². The normalized spacial score (nSPS) is 11.2. The van der Waals surface area contributed by atoms with E-state index < -0.39 is 0 Å². The Bertz CT molecular complexity index is 542. The first-order chi connectivity index (χ1) is 10.2. The van der Waals surface area contributed by atoms with Crippen LogP contribution < -0.4 is 0 Å². The lowest BCUT2D eigenvalue weighted by molar-refractivity contribution is 0.127. The molecule has 0 aliphatic rings. The van der Waals surface area contributed by atoms with Crippen LogP contribution in [0.5, 0.6) is 0 Å². The third kappa shape index (κ3) is 4.82. The minimum absolute atomic E-state index is 0.134. The van der Waals surface area contributed by atoms with E-state index in [1.54, 1.807) is 7.11 Å². The summed E-state index contributed by atoms with van der Waals surface area (Å²) in [6.07, 6.45) is 3.83. The average molecular weight is 310 g/mol. The number of rotatable bonds is 8. The zero-order valence-corrected chi connectivity index (χ0v) is 12.8. The molecule has 0 fully saturated rings. The SMILES string of the molecule is COCCN(CCO)Cc1cnn(-c2ccc(Cl)cc2)c1. The van der Waals surface area contributed by atoms with Gasteiger partial charge in [-0.2, -0.15) is 5.10 Å². The fourth-order valence-electron chi connectivity index (χ4n) is 2.07. The van der Waals surface area contributed by atoms with Gasteiger partial charge in [-0.3, -0.25) is 4.90 Å². The molecule has 6 heteroatoms. The number of hydrogen-bond acceptors (Lipinski definition) is 4. The van der Waals surface area contributed by atoms with Gasteiger partial charge in [0.15, 0.2) is 0 Å². The number of nitrogens with zero attached hydrogens (tertiary/aromatic N) is 3. The lowest BCUT2D eigenvalue weighted by Crippen LogP contribution is -2.29. The van der Waals surface area contributed by atoms with Crippen molar-refractivity contribution in [1.82, 2.24) is 14.7 Å². The minimum Gasteiger partial charge on any atom is -0.395 e. The maximum atomic E-state index is 9.11. The summed E-state index contributed by atoms with van der Waals surface area (Å²) in [6.45, 7) is 2.91. The van der Waals surface area contributed by atoms with E-state index in [9.17, 15) is 0 Å². The third-order valence-corrected chi connectivity index (χ3v) is 3.41. The highest BCUT2D eigenvalue weighted by atomic mass is 35.5. The van der Waals surface area contributed by atoms with Crippen molar-refractivity contribution in [3.63, 3.8) is 0 Å². The molecule has 2 rings (SSSR count). The molecule has 0 aliphatic carbocycles. The summed E-state index contributed by atoms with van der Waals surface area (Å²) in [6, 6.07) is 7.54. The lowest BCUT2D eigenvalue weighted by Gasteiger charge is -2.19. The number of aliphatic hydroxyl groups is 1. The van der Waals surface area contributed by atoms with E-state index in [2.05, 4.69) is 10.00 Å². The highest BCUT2D eigenvalue weighted by molar-refractivity contribution is 6.30. The molecule has 1 heterocycles. The van der Waals surface area contributed by atoms with Gasteiger partial charge in [-0.1, -0.05) is 11.6 Å². The molecule has 21 heavy (non-hydrogen) atoms. The maximum Gasteiger partial charge on any atom is 0.0646 e. The van der Waals surface area contributed by atoms with Crippen LogP contribution in [0.3, 0.4) is 0 Å². The molecule has 0 atom stereocenters. The molecule has 0 bridgehead atoms. The molecule has 1 N–H and O–H groups in total. The highest BCUT2D eigenvalue weighted by Crippen LogP contribution is 2.14. The lowest BCUT2D eigenvalue weighted by atomic mass is 10.3. The van der Waals surface area contributed by atoms with Gasteiger partial charge in [0.25, 0.3) is 0 Å². The smallest absolute Gasteiger partial charge is 0.0646 e. The van der Waals surface area contributed by atoms with Gasteiger partial charge in [0.05, 0.1) is 25.1 Å². The Kier molecular flexibility index (Phi) is 6.20. The van der Waals surface area contributed by atoms with Gasteiger partial charge in [-0.15, -0.1) is 0 Å². The summed E-state index contributed by atoms with van der Waals surface area (Å²) in [5.74, 6) is 0. The van der Waals surface area contributed by atoms with Crippen LogP contribution in [0, 0.1) is 0 Å². The van der Waals surface area contributed by atoms with E-state index in [1.807, 2.05) is 41.3 Å². The zero-order valence-electron chi connectivity index (χ0n) is 12.1. The van der Waals surface area contributed by atoms with Crippen molar-refractivity contribution < 1.29 is 9.84 Å². The Morgan fingerprint density at radius 2 is 2.05 bits per heavy atom. The minimum atomic E-state index is 0.134. The van der Waals surface area contributed by atoms with E-state index in [1.165, 1.54) is 0 Å². The van der Waals surface area contributed by atoms with Crippen molar-refractivity contribution in [1.29, 1.82) is 0 Å². The van der Waals surface area contributed by atoms with Gasteiger partial charge in [0.1, 0.15) is 0 Å². The Morgan fingerprint density at radius 1 is 1.29 bits per heavy atom. The second-order valence-corrected chi connectivity index (χ2v) is 5.20. The standard InChI is InChI=1S/C15H20ClN3O2/c1-21-9-7-18(6-8-20)11-13-10-17-19(12-13)15-4-2-14(16)3-5-15/h2-5,10,12,20H,6-9,11H2,1H3. The summed E-state index contributed by atoms with van der Waals surface area (Å²) < 4.78 is 6.90. The quantitative estimate of drug-likeness (QED) is 0.810. The molecule has 0 aliphatic heterocycles. The Balaban J connectivity index is 2.02. The van der Waals surface area contributed by atoms with Crippen LogP contribution >= 0.6 is 11.6 Å². The molecule has 1 aromatic heterocycles. The second-order valence-electron chi connectivity index (χ2n) is 4.76. The maximum absolute atomic E-state index is 9.11. The Hall–Kier alpha value is -1.40. The number of benzene rings is 1. The van der Waals surface area contributed by atoms with Crippen molar-refractivity contribution in [2.24, 2.45) is 0 Å². The molecule has 0 radical (unpaired) electrons. The monoisotopic (exact) mass is 309 g/mol. The van der Waals surface area contributed by atoms with Crippen molar-refractivity contribution in [3.8, 4) is 5.69 Å². The first kappa shape index (κ1) is 16.0. The van der Waals surface area contributed by atoms with Crippen LogP contribution in [0.1, 0.15) is 5.56 Å². The summed E-state index contributed by atoms with van der Waals surface area (Å²) in [5, 5.41) is 14.2. The van der Waals surface area contributed by atoms with E-state index in [4.69, 9.17) is 21.4 Å². The summed E-state index contributed by atoms with van der Waals surface area (Å²) in [5.41, 5.74) is 2.06. The molecule has 2 aromatic rings. The predicted molar refractivity (Wildman–Crippen MR) is 82.8 cm³/mol. The number of aliphatic hydroxyl groups excluding tert-OH is 1. The van der Waals surface area contributed by atoms with Gasteiger partial charge < -0.3 is 9.84 Å². The van der Waals surface area contributed by atoms with Gasteiger partial charge in [0.2, 0.25) is 0 Å². The molecule has 0 unspecified atom stereocenters. The van der Waals surface area contributed by atoms with E-state index in [0.717, 1.165) is 24.3 Å². The van der Waals surface area contributed by atoms with Gasteiger partial charge in [-0.25, -0.2) is 4.68 Å². The van der Waals surface area contributed by atoms with E-state index in [0.29, 0.717) is 18.2 Å². The number of hydrogen-bond donors (Lipinski definition) is 1. The fraction of sp³-hybridized carbons (Fsp3) is 0.400. The first-order valence-corrected chi connectivity index (χ1v) is 7.22. The molecule has 5 nitrogen and oxygen atoms in total. The van der Waals surface area contributed by atoms with Crippen LogP contribution in [0.2, 0.25) is 5.02 Å². The van der Waals surface area contributed by atoms with Crippen LogP contribution in [-0.4, -0.2) is 53.2 Å². The van der Waals surface area contributed by atoms with E-state index in [-0.39, 0.29) is 6.61 Å². The molecule has 1 aromatic carbocycles. The summed E-state index contributed by atoms with van der Waals surface area (Å²) in [7, 11) is 1.68. The number of ether oxygens (including phenoxy) is 1.